The van der Waals surface area contributed by atoms with Gasteiger partial charge >= 0.3 is 0 Å². The van der Waals surface area contributed by atoms with Gasteiger partial charge in [0.2, 0.25) is 0 Å². The molecule has 0 aliphatic carbocycles. The quantitative estimate of drug-likeness (QED) is 0.634. The van der Waals surface area contributed by atoms with Crippen molar-refractivity contribution in [3.05, 3.63) is 71.3 Å². The van der Waals surface area contributed by atoms with Gasteiger partial charge in [0.15, 0.2) is 0 Å². The molecule has 1 heterocycles. The van der Waals surface area contributed by atoms with Crippen LogP contribution >= 0.6 is 12.2 Å². The number of carbonyl (C=O) groups excluding carboxylic acids is 1. The van der Waals surface area contributed by atoms with Crippen molar-refractivity contribution in [1.29, 1.82) is 0 Å². The van der Waals surface area contributed by atoms with E-state index in [1.54, 1.807) is 0 Å². The summed E-state index contributed by atoms with van der Waals surface area (Å²) in [4.78, 5) is 12.6. The normalized spacial score (nSPS) is 16.1. The molecule has 0 saturated carbocycles. The van der Waals surface area contributed by atoms with Crippen LogP contribution in [0.25, 0.3) is 11.6 Å². The minimum atomic E-state index is -0.146. The Kier molecular flexibility index (Phi) is 2.97. The predicted molar refractivity (Wildman–Crippen MR) is 80.6 cm³/mol. The molecule has 2 aromatic rings. The van der Waals surface area contributed by atoms with E-state index >= 15 is 0 Å². The van der Waals surface area contributed by atoms with Crippen LogP contribution in [0.4, 0.5) is 0 Å². The number of benzene rings is 2. The topological polar surface area (TPSA) is 29.1 Å². The zero-order valence-corrected chi connectivity index (χ0v) is 10.9. The van der Waals surface area contributed by atoms with E-state index in [2.05, 4.69) is 5.32 Å². The van der Waals surface area contributed by atoms with Crippen molar-refractivity contribution in [2.24, 2.45) is 0 Å². The highest BCUT2D eigenvalue weighted by Gasteiger charge is 2.23. The number of rotatable bonds is 1. The highest BCUT2D eigenvalue weighted by Crippen LogP contribution is 2.26. The fourth-order valence-electron chi connectivity index (χ4n) is 2.14. The number of amides is 1. The van der Waals surface area contributed by atoms with Gasteiger partial charge in [0.1, 0.15) is 4.99 Å². The Balaban J connectivity index is 2.16. The summed E-state index contributed by atoms with van der Waals surface area (Å²) in [6.07, 6.45) is 1.88. The van der Waals surface area contributed by atoms with Gasteiger partial charge in [-0.1, -0.05) is 66.8 Å². The van der Waals surface area contributed by atoms with E-state index in [1.165, 1.54) is 0 Å². The van der Waals surface area contributed by atoms with Crippen LogP contribution in [0.1, 0.15) is 16.7 Å². The Morgan fingerprint density at radius 1 is 0.895 bits per heavy atom. The molecule has 0 saturated heterocycles. The zero-order valence-electron chi connectivity index (χ0n) is 10.1. The smallest absolute Gasteiger partial charge is 0.256 e. The lowest BCUT2D eigenvalue weighted by molar-refractivity contribution is -0.114. The van der Waals surface area contributed by atoms with Crippen LogP contribution in [-0.4, -0.2) is 10.9 Å². The van der Waals surface area contributed by atoms with Crippen LogP contribution in [-0.2, 0) is 4.79 Å². The van der Waals surface area contributed by atoms with Crippen LogP contribution in [0.5, 0.6) is 0 Å². The minimum absolute atomic E-state index is 0.146. The number of fused-ring (bicyclic) bond motifs is 1. The lowest BCUT2D eigenvalue weighted by atomic mass is 9.94. The summed E-state index contributed by atoms with van der Waals surface area (Å²) in [6.45, 7) is 0. The van der Waals surface area contributed by atoms with Crippen LogP contribution in [0.3, 0.4) is 0 Å². The molecule has 0 aromatic heterocycles. The molecule has 1 aliphatic rings. The van der Waals surface area contributed by atoms with E-state index in [-0.39, 0.29) is 5.91 Å². The summed E-state index contributed by atoms with van der Waals surface area (Å²) in [7, 11) is 0. The van der Waals surface area contributed by atoms with Crippen molar-refractivity contribution < 1.29 is 4.79 Å². The average molecular weight is 265 g/mol. The lowest BCUT2D eigenvalue weighted by Gasteiger charge is -2.20. The summed E-state index contributed by atoms with van der Waals surface area (Å²) in [5, 5.41) is 2.73. The highest BCUT2D eigenvalue weighted by atomic mass is 32.1. The number of carbonyl (C=O) groups is 1. The second kappa shape index (κ2) is 4.78. The molecule has 3 heteroatoms. The molecule has 0 spiro atoms. The standard InChI is InChI=1S/C16H11NOS/c18-15-14(10-11-6-2-1-3-7-11)12-8-4-5-9-13(12)16(19)17-15/h1-10H,(H,17,18,19)/b14-10-. The molecular weight excluding hydrogens is 254 g/mol. The third-order valence-corrected chi connectivity index (χ3v) is 3.37. The molecule has 2 nitrogen and oxygen atoms in total. The third kappa shape index (κ3) is 2.20. The van der Waals surface area contributed by atoms with Gasteiger partial charge in [-0.25, -0.2) is 0 Å². The van der Waals surface area contributed by atoms with Crippen molar-refractivity contribution in [2.75, 3.05) is 0 Å². The molecule has 1 amide bonds. The molecule has 92 valence electrons. The molecule has 3 rings (SSSR count). The van der Waals surface area contributed by atoms with Crippen molar-refractivity contribution in [2.45, 2.75) is 0 Å². The number of hydrogen-bond donors (Lipinski definition) is 1. The monoisotopic (exact) mass is 265 g/mol. The van der Waals surface area contributed by atoms with Gasteiger partial charge in [0.05, 0.1) is 0 Å². The largest absolute Gasteiger partial charge is 0.312 e. The first-order valence-electron chi connectivity index (χ1n) is 5.97. The van der Waals surface area contributed by atoms with Crippen molar-refractivity contribution >= 4 is 34.8 Å². The number of thiocarbonyl (C=S) groups is 1. The maximum Gasteiger partial charge on any atom is 0.256 e. The zero-order chi connectivity index (χ0) is 13.2. The first-order chi connectivity index (χ1) is 9.25. The Bertz CT molecular complexity index is 689. The van der Waals surface area contributed by atoms with E-state index < -0.39 is 0 Å². The average Bonchev–Trinajstić information content (AvgIpc) is 2.45. The van der Waals surface area contributed by atoms with E-state index in [0.717, 1.165) is 16.7 Å². The van der Waals surface area contributed by atoms with Crippen molar-refractivity contribution in [3.8, 4) is 0 Å². The van der Waals surface area contributed by atoms with E-state index in [1.807, 2.05) is 60.7 Å². The predicted octanol–water partition coefficient (Wildman–Crippen LogP) is 3.03. The summed E-state index contributed by atoms with van der Waals surface area (Å²) in [6, 6.07) is 17.5. The Morgan fingerprint density at radius 2 is 1.53 bits per heavy atom. The molecule has 0 radical (unpaired) electrons. The Labute approximate surface area is 116 Å². The number of nitrogens with one attached hydrogen (secondary N) is 1. The molecule has 2 aromatic carbocycles. The van der Waals surface area contributed by atoms with Crippen LogP contribution < -0.4 is 5.32 Å². The molecule has 1 aliphatic heterocycles. The Hall–Kier alpha value is -2.26. The maximum absolute atomic E-state index is 12.1. The SMILES string of the molecule is O=C1NC(=S)c2ccccc2/C1=C/c1ccccc1. The summed E-state index contributed by atoms with van der Waals surface area (Å²) < 4.78 is 0. The van der Waals surface area contributed by atoms with E-state index in [4.69, 9.17) is 12.2 Å². The first-order valence-corrected chi connectivity index (χ1v) is 6.38. The van der Waals surface area contributed by atoms with Gasteiger partial charge in [-0.15, -0.1) is 0 Å². The molecule has 0 unspecified atom stereocenters. The Morgan fingerprint density at radius 3 is 2.26 bits per heavy atom. The van der Waals surface area contributed by atoms with E-state index in [0.29, 0.717) is 10.6 Å². The van der Waals surface area contributed by atoms with Gasteiger partial charge in [0, 0.05) is 11.1 Å². The second-order valence-electron chi connectivity index (χ2n) is 4.30. The van der Waals surface area contributed by atoms with Crippen LogP contribution in [0.15, 0.2) is 54.6 Å². The fraction of sp³-hybridized carbons (Fsp3) is 0. The second-order valence-corrected chi connectivity index (χ2v) is 4.71. The van der Waals surface area contributed by atoms with Gasteiger partial charge in [-0.2, -0.15) is 0 Å². The first kappa shape index (κ1) is 11.8. The molecule has 0 fully saturated rings. The van der Waals surface area contributed by atoms with Gasteiger partial charge in [0.25, 0.3) is 5.91 Å². The molecule has 1 N–H and O–H groups in total. The summed E-state index contributed by atoms with van der Waals surface area (Å²) >= 11 is 5.20. The van der Waals surface area contributed by atoms with Gasteiger partial charge < -0.3 is 5.32 Å². The van der Waals surface area contributed by atoms with Gasteiger partial charge in [-0.3, -0.25) is 4.79 Å². The molecule has 0 bridgehead atoms. The third-order valence-electron chi connectivity index (χ3n) is 3.04. The molecule has 19 heavy (non-hydrogen) atoms. The molecule has 0 atom stereocenters. The van der Waals surface area contributed by atoms with Crippen molar-refractivity contribution in [3.63, 3.8) is 0 Å². The highest BCUT2D eigenvalue weighted by molar-refractivity contribution is 7.80. The summed E-state index contributed by atoms with van der Waals surface area (Å²) in [5.74, 6) is -0.146. The van der Waals surface area contributed by atoms with Gasteiger partial charge in [-0.05, 0) is 17.2 Å². The summed E-state index contributed by atoms with van der Waals surface area (Å²) in [5.41, 5.74) is 3.44. The van der Waals surface area contributed by atoms with Crippen molar-refractivity contribution in [1.82, 2.24) is 5.32 Å². The maximum atomic E-state index is 12.1. The van der Waals surface area contributed by atoms with E-state index in [9.17, 15) is 4.79 Å². The fourth-order valence-corrected chi connectivity index (χ4v) is 2.41. The van der Waals surface area contributed by atoms with Crippen LogP contribution in [0, 0.1) is 0 Å². The minimum Gasteiger partial charge on any atom is -0.312 e. The molecular formula is C16H11NOS. The lowest BCUT2D eigenvalue weighted by Crippen LogP contribution is -2.35. The van der Waals surface area contributed by atoms with Crippen LogP contribution in [0.2, 0.25) is 0 Å². The number of hydrogen-bond acceptors (Lipinski definition) is 2.